The van der Waals surface area contributed by atoms with Crippen LogP contribution in [0.15, 0.2) is 36.4 Å². The molecule has 0 atom stereocenters. The van der Waals surface area contributed by atoms with Crippen LogP contribution in [0.4, 0.5) is 10.1 Å². The van der Waals surface area contributed by atoms with Crippen LogP contribution in [0.25, 0.3) is 0 Å². The number of hydrogen-bond donors (Lipinski definition) is 1. The number of halogens is 2. The van der Waals surface area contributed by atoms with Crippen molar-refractivity contribution in [3.05, 3.63) is 52.8 Å². The number of carbonyl (C=O) groups excluding carboxylic acids is 1. The summed E-state index contributed by atoms with van der Waals surface area (Å²) in [6.45, 7) is 4.57. The van der Waals surface area contributed by atoms with E-state index in [0.29, 0.717) is 30.4 Å². The fraction of sp³-hybridized carbons (Fsp3) is 0.235. The van der Waals surface area contributed by atoms with E-state index in [1.807, 2.05) is 13.8 Å². The van der Waals surface area contributed by atoms with Crippen LogP contribution in [0.1, 0.15) is 24.2 Å². The van der Waals surface area contributed by atoms with E-state index in [1.165, 1.54) is 18.2 Å². The van der Waals surface area contributed by atoms with Crippen molar-refractivity contribution < 1.29 is 18.7 Å². The number of rotatable bonds is 6. The number of ether oxygens (including phenoxy) is 2. The van der Waals surface area contributed by atoms with Crippen molar-refractivity contribution in [2.45, 2.75) is 13.8 Å². The van der Waals surface area contributed by atoms with Gasteiger partial charge in [-0.25, -0.2) is 4.39 Å². The molecule has 0 unspecified atom stereocenters. The molecule has 2 rings (SSSR count). The Bertz CT molecular complexity index is 706. The van der Waals surface area contributed by atoms with Crippen LogP contribution in [0.5, 0.6) is 11.5 Å². The summed E-state index contributed by atoms with van der Waals surface area (Å²) in [7, 11) is 0. The Hall–Kier alpha value is -2.27. The second-order valence-corrected chi connectivity index (χ2v) is 4.99. The van der Waals surface area contributed by atoms with Crippen molar-refractivity contribution in [3.8, 4) is 11.5 Å². The number of hydrogen-bond acceptors (Lipinski definition) is 3. The maximum absolute atomic E-state index is 13.7. The lowest BCUT2D eigenvalue weighted by molar-refractivity contribution is 0.102. The molecule has 2 aromatic rings. The Labute approximate surface area is 139 Å². The molecule has 1 N–H and O–H groups in total. The van der Waals surface area contributed by atoms with Gasteiger partial charge in [0.15, 0.2) is 11.5 Å². The second kappa shape index (κ2) is 7.83. The minimum absolute atomic E-state index is 0.0598. The van der Waals surface area contributed by atoms with Gasteiger partial charge in [-0.1, -0.05) is 23.7 Å². The van der Waals surface area contributed by atoms with E-state index < -0.39 is 11.7 Å². The molecule has 6 heteroatoms. The molecular weight excluding hydrogens is 321 g/mol. The largest absolute Gasteiger partial charge is 0.490 e. The SMILES string of the molecule is CCOc1cc(Cl)c(NC(=O)c2ccccc2F)cc1OCC. The third-order valence-electron chi connectivity index (χ3n) is 3.00. The van der Waals surface area contributed by atoms with E-state index in [4.69, 9.17) is 21.1 Å². The average Bonchev–Trinajstić information content (AvgIpc) is 2.52. The van der Waals surface area contributed by atoms with E-state index in [1.54, 1.807) is 18.2 Å². The molecule has 0 bridgehead atoms. The number of benzene rings is 2. The molecule has 0 spiro atoms. The minimum Gasteiger partial charge on any atom is -0.490 e. The predicted molar refractivity (Wildman–Crippen MR) is 88.1 cm³/mol. The molecular formula is C17H17ClFNO3. The fourth-order valence-electron chi connectivity index (χ4n) is 2.00. The standard InChI is InChI=1S/C17H17ClFNO3/c1-3-22-15-9-12(18)14(10-16(15)23-4-2)20-17(21)11-7-5-6-8-13(11)19/h5-10H,3-4H2,1-2H3,(H,20,21). The maximum Gasteiger partial charge on any atom is 0.258 e. The highest BCUT2D eigenvalue weighted by atomic mass is 35.5. The van der Waals surface area contributed by atoms with Gasteiger partial charge in [0.25, 0.3) is 5.91 Å². The maximum atomic E-state index is 13.7. The van der Waals surface area contributed by atoms with Gasteiger partial charge in [0.2, 0.25) is 0 Å². The van der Waals surface area contributed by atoms with Crippen LogP contribution in [-0.4, -0.2) is 19.1 Å². The molecule has 23 heavy (non-hydrogen) atoms. The van der Waals surface area contributed by atoms with Gasteiger partial charge >= 0.3 is 0 Å². The smallest absolute Gasteiger partial charge is 0.258 e. The Morgan fingerprint density at radius 3 is 2.35 bits per heavy atom. The normalized spacial score (nSPS) is 10.3. The van der Waals surface area contributed by atoms with Gasteiger partial charge in [0.05, 0.1) is 29.5 Å². The zero-order valence-corrected chi connectivity index (χ0v) is 13.6. The zero-order valence-electron chi connectivity index (χ0n) is 12.9. The lowest BCUT2D eigenvalue weighted by atomic mass is 10.2. The third kappa shape index (κ3) is 4.13. The first-order valence-corrected chi connectivity index (χ1v) is 7.59. The molecule has 122 valence electrons. The van der Waals surface area contributed by atoms with Gasteiger partial charge in [-0.05, 0) is 26.0 Å². The molecule has 1 amide bonds. The number of nitrogens with one attached hydrogen (secondary N) is 1. The Kier molecular flexibility index (Phi) is 5.82. The number of carbonyl (C=O) groups is 1. The van der Waals surface area contributed by atoms with E-state index in [-0.39, 0.29) is 10.6 Å². The first-order chi connectivity index (χ1) is 11.1. The Morgan fingerprint density at radius 1 is 1.13 bits per heavy atom. The molecule has 0 aromatic heterocycles. The van der Waals surface area contributed by atoms with E-state index >= 15 is 0 Å². The topological polar surface area (TPSA) is 47.6 Å². The van der Waals surface area contributed by atoms with E-state index in [9.17, 15) is 9.18 Å². The summed E-state index contributed by atoms with van der Waals surface area (Å²) >= 11 is 6.16. The zero-order chi connectivity index (χ0) is 16.8. The van der Waals surface area contributed by atoms with Crippen LogP contribution in [0, 0.1) is 5.82 Å². The van der Waals surface area contributed by atoms with Crippen LogP contribution >= 0.6 is 11.6 Å². The highest BCUT2D eigenvalue weighted by molar-refractivity contribution is 6.34. The molecule has 0 heterocycles. The molecule has 0 aliphatic heterocycles. The van der Waals surface area contributed by atoms with E-state index in [2.05, 4.69) is 5.32 Å². The van der Waals surface area contributed by atoms with E-state index in [0.717, 1.165) is 0 Å². The fourth-order valence-corrected chi connectivity index (χ4v) is 2.20. The van der Waals surface area contributed by atoms with Crippen molar-refractivity contribution in [2.75, 3.05) is 18.5 Å². The highest BCUT2D eigenvalue weighted by Gasteiger charge is 2.16. The molecule has 0 saturated heterocycles. The molecule has 0 aliphatic rings. The summed E-state index contributed by atoms with van der Waals surface area (Å²) in [6, 6.07) is 8.85. The lowest BCUT2D eigenvalue weighted by Crippen LogP contribution is -2.14. The van der Waals surface area contributed by atoms with Crippen molar-refractivity contribution in [2.24, 2.45) is 0 Å². The summed E-state index contributed by atoms with van der Waals surface area (Å²) in [5.41, 5.74) is 0.266. The molecule has 0 fully saturated rings. The predicted octanol–water partition coefficient (Wildman–Crippen LogP) is 4.53. The van der Waals surface area contributed by atoms with Crippen LogP contribution < -0.4 is 14.8 Å². The van der Waals surface area contributed by atoms with Crippen molar-refractivity contribution in [1.29, 1.82) is 0 Å². The van der Waals surface area contributed by atoms with Crippen LogP contribution in [0.3, 0.4) is 0 Å². The van der Waals surface area contributed by atoms with Crippen LogP contribution in [-0.2, 0) is 0 Å². The Balaban J connectivity index is 2.30. The summed E-state index contributed by atoms with van der Waals surface area (Å²) in [5, 5.41) is 2.87. The quantitative estimate of drug-likeness (QED) is 0.842. The van der Waals surface area contributed by atoms with Gasteiger partial charge in [-0.15, -0.1) is 0 Å². The molecule has 0 radical (unpaired) electrons. The molecule has 0 saturated carbocycles. The van der Waals surface area contributed by atoms with Gasteiger partial charge in [0.1, 0.15) is 5.82 Å². The average molecular weight is 338 g/mol. The van der Waals surface area contributed by atoms with Gasteiger partial charge < -0.3 is 14.8 Å². The van der Waals surface area contributed by atoms with Crippen LogP contribution in [0.2, 0.25) is 5.02 Å². The summed E-state index contributed by atoms with van der Waals surface area (Å²) in [6.07, 6.45) is 0. The van der Waals surface area contributed by atoms with Crippen molar-refractivity contribution >= 4 is 23.2 Å². The minimum atomic E-state index is -0.600. The molecule has 4 nitrogen and oxygen atoms in total. The van der Waals surface area contributed by atoms with Crippen molar-refractivity contribution in [1.82, 2.24) is 0 Å². The van der Waals surface area contributed by atoms with Gasteiger partial charge in [-0.3, -0.25) is 4.79 Å². The summed E-state index contributed by atoms with van der Waals surface area (Å²) < 4.78 is 24.6. The summed E-state index contributed by atoms with van der Waals surface area (Å²) in [4.78, 5) is 12.2. The molecule has 2 aromatic carbocycles. The highest BCUT2D eigenvalue weighted by Crippen LogP contribution is 2.36. The monoisotopic (exact) mass is 337 g/mol. The Morgan fingerprint density at radius 2 is 1.74 bits per heavy atom. The van der Waals surface area contributed by atoms with Crippen molar-refractivity contribution in [3.63, 3.8) is 0 Å². The first kappa shape index (κ1) is 17.1. The molecule has 0 aliphatic carbocycles. The van der Waals surface area contributed by atoms with Gasteiger partial charge in [-0.2, -0.15) is 0 Å². The number of amides is 1. The first-order valence-electron chi connectivity index (χ1n) is 7.21. The lowest BCUT2D eigenvalue weighted by Gasteiger charge is -2.14. The third-order valence-corrected chi connectivity index (χ3v) is 3.31. The van der Waals surface area contributed by atoms with Gasteiger partial charge in [0, 0.05) is 12.1 Å². The summed E-state index contributed by atoms with van der Waals surface area (Å²) in [5.74, 6) is -0.237. The second-order valence-electron chi connectivity index (χ2n) is 4.58. The number of anilines is 1.